The van der Waals surface area contributed by atoms with Crippen LogP contribution in [0, 0.1) is 45.0 Å². The van der Waals surface area contributed by atoms with Gasteiger partial charge in [-0.2, -0.15) is 0 Å². The maximum Gasteiger partial charge on any atom is 2.00 e. The quantitative estimate of drug-likeness (QED) is 0.436. The molecule has 1 heterocycles. The van der Waals surface area contributed by atoms with Gasteiger partial charge in [-0.3, -0.25) is 9.78 Å². The normalized spacial score (nSPS) is 12.0. The van der Waals surface area contributed by atoms with Gasteiger partial charge in [0.25, 0.3) is 0 Å². The summed E-state index contributed by atoms with van der Waals surface area (Å²) in [7, 11) is 0. The molecule has 5 nitrogen and oxygen atoms in total. The van der Waals surface area contributed by atoms with Gasteiger partial charge in [0.2, 0.25) is 5.91 Å². The number of aromatic hydroxyl groups is 1. The molecule has 0 aliphatic rings. The number of rotatable bonds is 6. The number of phenolic OH excluding ortho intramolecular Hbond substituents is 1. The van der Waals surface area contributed by atoms with Crippen molar-refractivity contribution in [3.63, 3.8) is 0 Å². The van der Waals surface area contributed by atoms with Crippen LogP contribution in [0.3, 0.4) is 0 Å². The summed E-state index contributed by atoms with van der Waals surface area (Å²) in [6.45, 7) is 8.97. The monoisotopic (exact) mass is 585 g/mol. The maximum atomic E-state index is 11.3. The van der Waals surface area contributed by atoms with Gasteiger partial charge in [-0.25, -0.2) is 0 Å². The van der Waals surface area contributed by atoms with Gasteiger partial charge >= 0.3 is 31.1 Å². The number of carbonyl (C=O) groups is 1. The SMILES string of the molecule is [CH2-]CN(C[CH2-])C(c1ccc(C(N)=O)cc1)c1ccc2cccnc2c1O.[U+2]. The largest absolute Gasteiger partial charge is 2.00 e. The van der Waals surface area contributed by atoms with Gasteiger partial charge in [0.05, 0.1) is 6.04 Å². The van der Waals surface area contributed by atoms with Crippen LogP contribution in [0.15, 0.2) is 54.7 Å². The maximum absolute atomic E-state index is 11.3. The van der Waals surface area contributed by atoms with Crippen molar-refractivity contribution in [3.05, 3.63) is 85.3 Å². The molecule has 3 rings (SSSR count). The van der Waals surface area contributed by atoms with E-state index in [1.807, 2.05) is 41.3 Å². The summed E-state index contributed by atoms with van der Waals surface area (Å²) in [5.41, 5.74) is 7.95. The minimum atomic E-state index is -0.475. The van der Waals surface area contributed by atoms with Crippen LogP contribution in [0.5, 0.6) is 5.75 Å². The minimum Gasteiger partial charge on any atom is -0.505 e. The van der Waals surface area contributed by atoms with Crippen LogP contribution in [0.25, 0.3) is 10.9 Å². The molecule has 2 aromatic carbocycles. The molecule has 3 N–H and O–H groups in total. The Hall–Kier alpha value is -1.87. The number of aromatic nitrogens is 1. The second-order valence-corrected chi connectivity index (χ2v) is 6.00. The third kappa shape index (κ3) is 4.35. The number of carbonyl (C=O) groups excluding carboxylic acids is 1. The topological polar surface area (TPSA) is 79.5 Å². The number of hydrogen-bond donors (Lipinski definition) is 2. The molecule has 1 aromatic heterocycles. The van der Waals surface area contributed by atoms with Crippen LogP contribution in [-0.4, -0.2) is 34.0 Å². The smallest absolute Gasteiger partial charge is 0.505 e. The van der Waals surface area contributed by atoms with E-state index >= 15 is 0 Å². The van der Waals surface area contributed by atoms with Gasteiger partial charge in [-0.05, 0) is 23.8 Å². The molecule has 0 saturated carbocycles. The van der Waals surface area contributed by atoms with E-state index in [-0.39, 0.29) is 42.9 Å². The Bertz CT molecular complexity index is 924. The third-order valence-corrected chi connectivity index (χ3v) is 4.52. The van der Waals surface area contributed by atoms with Crippen molar-refractivity contribution in [2.24, 2.45) is 5.73 Å². The number of nitrogens with two attached hydrogens (primary N) is 1. The van der Waals surface area contributed by atoms with Crippen LogP contribution < -0.4 is 5.73 Å². The first-order valence-corrected chi connectivity index (χ1v) is 8.35. The Kier molecular flexibility index (Phi) is 7.43. The molecule has 0 fully saturated rings. The third-order valence-electron chi connectivity index (χ3n) is 4.52. The fourth-order valence-electron chi connectivity index (χ4n) is 3.15. The van der Waals surface area contributed by atoms with Crippen molar-refractivity contribution in [2.45, 2.75) is 6.04 Å². The predicted molar refractivity (Wildman–Crippen MR) is 102 cm³/mol. The summed E-state index contributed by atoms with van der Waals surface area (Å²) >= 11 is 0. The standard InChI is InChI=1S/C21H21N3O2.U/c1-3-24(4-2)19(15-7-9-16(10-8-15)21(22)26)17-12-11-14-6-5-13-23-18(14)20(17)25;/h5-13,19,25H,1-4H2,(H2,22,26);/q-2;+2. The zero-order valence-corrected chi connectivity index (χ0v) is 19.1. The first-order chi connectivity index (χ1) is 12.6. The average Bonchev–Trinajstić information content (AvgIpc) is 2.67. The molecule has 27 heavy (non-hydrogen) atoms. The van der Waals surface area contributed by atoms with Gasteiger partial charge in [-0.15, -0.1) is 13.1 Å². The second-order valence-electron chi connectivity index (χ2n) is 6.00. The molecule has 1 unspecified atom stereocenters. The van der Waals surface area contributed by atoms with Crippen LogP contribution in [-0.2, 0) is 0 Å². The molecule has 0 saturated heterocycles. The van der Waals surface area contributed by atoms with E-state index in [0.29, 0.717) is 24.2 Å². The van der Waals surface area contributed by atoms with Crippen molar-refractivity contribution < 1.29 is 41.0 Å². The van der Waals surface area contributed by atoms with Gasteiger partial charge in [0.15, 0.2) is 0 Å². The number of pyridine rings is 1. The molecule has 1 amide bonds. The fourth-order valence-corrected chi connectivity index (χ4v) is 3.15. The van der Waals surface area contributed by atoms with E-state index < -0.39 is 5.91 Å². The van der Waals surface area contributed by atoms with Crippen molar-refractivity contribution in [3.8, 4) is 5.75 Å². The van der Waals surface area contributed by atoms with E-state index in [4.69, 9.17) is 5.73 Å². The zero-order valence-electron chi connectivity index (χ0n) is 14.9. The van der Waals surface area contributed by atoms with Crippen LogP contribution >= 0.6 is 0 Å². The number of hydrogen-bond acceptors (Lipinski definition) is 4. The van der Waals surface area contributed by atoms with Crippen molar-refractivity contribution in [1.82, 2.24) is 9.88 Å². The fraction of sp³-hybridized carbons (Fsp3) is 0.143. The molecule has 0 aliphatic heterocycles. The van der Waals surface area contributed by atoms with Gasteiger partial charge < -0.3 is 29.6 Å². The van der Waals surface area contributed by atoms with E-state index in [2.05, 4.69) is 18.8 Å². The molecule has 0 bridgehead atoms. The summed E-state index contributed by atoms with van der Waals surface area (Å²) < 4.78 is 0. The first-order valence-electron chi connectivity index (χ1n) is 8.35. The Balaban J connectivity index is 0.00000261. The average molecular weight is 585 g/mol. The molecule has 0 aliphatic carbocycles. The predicted octanol–water partition coefficient (Wildman–Crippen LogP) is 3.10. The summed E-state index contributed by atoms with van der Waals surface area (Å²) in [5.74, 6) is -0.337. The number of benzene rings is 2. The van der Waals surface area contributed by atoms with E-state index in [1.165, 1.54) is 0 Å². The number of primary amides is 1. The number of amides is 1. The summed E-state index contributed by atoms with van der Waals surface area (Å²) in [5, 5.41) is 11.7. The molecule has 1 atom stereocenters. The summed E-state index contributed by atoms with van der Waals surface area (Å²) in [6.07, 6.45) is 1.66. The Morgan fingerprint density at radius 2 is 1.78 bits per heavy atom. The minimum absolute atomic E-state index is 0. The Labute approximate surface area is 183 Å². The Morgan fingerprint density at radius 3 is 2.37 bits per heavy atom. The van der Waals surface area contributed by atoms with Gasteiger partial charge in [-0.1, -0.05) is 30.3 Å². The van der Waals surface area contributed by atoms with Crippen molar-refractivity contribution in [1.29, 1.82) is 0 Å². The van der Waals surface area contributed by atoms with Gasteiger partial charge in [0.1, 0.15) is 11.3 Å². The number of nitrogens with zero attached hydrogens (tertiary/aromatic N) is 2. The second kappa shape index (κ2) is 9.37. The summed E-state index contributed by atoms with van der Waals surface area (Å²) in [4.78, 5) is 17.7. The van der Waals surface area contributed by atoms with Crippen molar-refractivity contribution >= 4 is 16.8 Å². The molecule has 0 spiro atoms. The first kappa shape index (κ1) is 21.4. The van der Waals surface area contributed by atoms with E-state index in [0.717, 1.165) is 16.5 Å². The van der Waals surface area contributed by atoms with E-state index in [9.17, 15) is 9.90 Å². The van der Waals surface area contributed by atoms with Gasteiger partial charge in [0, 0.05) is 22.7 Å². The molecule has 6 heteroatoms. The number of fused-ring (bicyclic) bond motifs is 1. The van der Waals surface area contributed by atoms with Crippen molar-refractivity contribution in [2.75, 3.05) is 13.1 Å². The summed E-state index contributed by atoms with van der Waals surface area (Å²) in [6, 6.07) is 14.4. The zero-order chi connectivity index (χ0) is 18.7. The molecular formula is C21H21N3O2U. The molecule has 0 radical (unpaired) electrons. The molecular weight excluding hydrogens is 564 g/mol. The molecule has 3 aromatic rings. The van der Waals surface area contributed by atoms with Crippen LogP contribution in [0.4, 0.5) is 0 Å². The van der Waals surface area contributed by atoms with E-state index in [1.54, 1.807) is 18.3 Å². The Morgan fingerprint density at radius 1 is 1.11 bits per heavy atom. The number of phenols is 1. The van der Waals surface area contributed by atoms with Crippen LogP contribution in [0.1, 0.15) is 27.5 Å². The van der Waals surface area contributed by atoms with Crippen LogP contribution in [0.2, 0.25) is 0 Å². The molecule has 136 valence electrons.